The predicted octanol–water partition coefficient (Wildman–Crippen LogP) is 2.24. The Kier molecular flexibility index (Phi) is 4.61. The van der Waals surface area contributed by atoms with Crippen LogP contribution in [0.2, 0.25) is 0 Å². The van der Waals surface area contributed by atoms with E-state index < -0.39 is 0 Å². The van der Waals surface area contributed by atoms with E-state index in [1.165, 1.54) is 36.8 Å². The van der Waals surface area contributed by atoms with Gasteiger partial charge in [-0.25, -0.2) is 0 Å². The highest BCUT2D eigenvalue weighted by molar-refractivity contribution is 5.23. The molecule has 3 nitrogen and oxygen atoms in total. The quantitative estimate of drug-likeness (QED) is 0.631. The Morgan fingerprint density at radius 2 is 1.79 bits per heavy atom. The molecule has 106 valence electrons. The molecule has 0 aromatic heterocycles. The van der Waals surface area contributed by atoms with Crippen LogP contribution in [0.25, 0.3) is 0 Å². The summed E-state index contributed by atoms with van der Waals surface area (Å²) in [7, 11) is 4.37. The summed E-state index contributed by atoms with van der Waals surface area (Å²) < 4.78 is 0. The monoisotopic (exact) mass is 261 g/mol. The lowest BCUT2D eigenvalue weighted by atomic mass is 9.83. The highest BCUT2D eigenvalue weighted by Crippen LogP contribution is 2.37. The van der Waals surface area contributed by atoms with Gasteiger partial charge in [-0.1, -0.05) is 42.7 Å². The van der Waals surface area contributed by atoms with Crippen LogP contribution in [0, 0.1) is 6.92 Å². The van der Waals surface area contributed by atoms with Crippen LogP contribution in [0.15, 0.2) is 24.3 Å². The van der Waals surface area contributed by atoms with Crippen molar-refractivity contribution in [2.75, 3.05) is 14.1 Å². The van der Waals surface area contributed by atoms with Gasteiger partial charge in [0.25, 0.3) is 0 Å². The standard InChI is InChI=1S/C16H27N3/c1-13-6-8-14(9-7-13)12-15(18-17)16(19(2)3)10-4-5-11-16/h6-9,15,18H,4-5,10-12,17H2,1-3H3. The summed E-state index contributed by atoms with van der Waals surface area (Å²) in [4.78, 5) is 2.37. The van der Waals surface area contributed by atoms with Crippen LogP contribution in [0.5, 0.6) is 0 Å². The van der Waals surface area contributed by atoms with Crippen LogP contribution >= 0.6 is 0 Å². The van der Waals surface area contributed by atoms with E-state index in [1.807, 2.05) is 0 Å². The number of nitrogens with two attached hydrogens (primary N) is 1. The van der Waals surface area contributed by atoms with Crippen molar-refractivity contribution in [3.8, 4) is 0 Å². The lowest BCUT2D eigenvalue weighted by Gasteiger charge is -2.43. The number of aryl methyl sites for hydroxylation is 1. The minimum Gasteiger partial charge on any atom is -0.302 e. The molecule has 0 aliphatic heterocycles. The zero-order valence-electron chi connectivity index (χ0n) is 12.4. The fourth-order valence-corrected chi connectivity index (χ4v) is 3.46. The highest BCUT2D eigenvalue weighted by atomic mass is 15.3. The number of nitrogens with zero attached hydrogens (tertiary/aromatic N) is 1. The zero-order chi connectivity index (χ0) is 13.9. The third-order valence-corrected chi connectivity index (χ3v) is 4.77. The van der Waals surface area contributed by atoms with Gasteiger partial charge in [0.2, 0.25) is 0 Å². The van der Waals surface area contributed by atoms with Crippen LogP contribution in [-0.4, -0.2) is 30.6 Å². The van der Waals surface area contributed by atoms with Gasteiger partial charge in [0.15, 0.2) is 0 Å². The van der Waals surface area contributed by atoms with Gasteiger partial charge in [0.05, 0.1) is 0 Å². The van der Waals surface area contributed by atoms with Crippen molar-refractivity contribution < 1.29 is 0 Å². The topological polar surface area (TPSA) is 41.3 Å². The van der Waals surface area contributed by atoms with E-state index in [9.17, 15) is 0 Å². The Bertz CT molecular complexity index is 391. The van der Waals surface area contributed by atoms with Gasteiger partial charge in [0, 0.05) is 11.6 Å². The molecule has 0 spiro atoms. The normalized spacial score (nSPS) is 19.8. The van der Waals surface area contributed by atoms with Gasteiger partial charge < -0.3 is 4.90 Å². The minimum absolute atomic E-state index is 0.208. The Morgan fingerprint density at radius 3 is 2.26 bits per heavy atom. The van der Waals surface area contributed by atoms with Gasteiger partial charge in [-0.3, -0.25) is 11.3 Å². The summed E-state index contributed by atoms with van der Waals surface area (Å²) in [5, 5.41) is 0. The smallest absolute Gasteiger partial charge is 0.0434 e. The molecule has 2 rings (SSSR count). The first-order valence-electron chi connectivity index (χ1n) is 7.27. The van der Waals surface area contributed by atoms with Crippen molar-refractivity contribution in [1.29, 1.82) is 0 Å². The summed E-state index contributed by atoms with van der Waals surface area (Å²) in [6.07, 6.45) is 6.09. The molecule has 3 N–H and O–H groups in total. The molecule has 3 heteroatoms. The summed E-state index contributed by atoms with van der Waals surface area (Å²) in [5.74, 6) is 5.88. The van der Waals surface area contributed by atoms with Crippen LogP contribution in [0.3, 0.4) is 0 Å². The molecule has 1 fully saturated rings. The number of likely N-dealkylation sites (N-methyl/N-ethyl adjacent to an activating group) is 1. The Labute approximate surface area is 117 Å². The molecule has 1 aromatic rings. The maximum atomic E-state index is 5.88. The third-order valence-electron chi connectivity index (χ3n) is 4.77. The van der Waals surface area contributed by atoms with E-state index in [-0.39, 0.29) is 5.54 Å². The van der Waals surface area contributed by atoms with Crippen molar-refractivity contribution in [2.24, 2.45) is 5.84 Å². The number of benzene rings is 1. The van der Waals surface area contributed by atoms with Crippen LogP contribution < -0.4 is 11.3 Å². The molecule has 0 saturated heterocycles. The summed E-state index contributed by atoms with van der Waals surface area (Å²) >= 11 is 0. The van der Waals surface area contributed by atoms with Crippen molar-refractivity contribution in [3.63, 3.8) is 0 Å². The fraction of sp³-hybridized carbons (Fsp3) is 0.625. The molecule has 0 radical (unpaired) electrons. The summed E-state index contributed by atoms with van der Waals surface area (Å²) in [5.41, 5.74) is 5.97. The lowest BCUT2D eigenvalue weighted by molar-refractivity contribution is 0.104. The number of rotatable bonds is 5. The summed E-state index contributed by atoms with van der Waals surface area (Å²) in [6.45, 7) is 2.13. The van der Waals surface area contributed by atoms with E-state index in [4.69, 9.17) is 5.84 Å². The molecule has 1 aliphatic carbocycles. The lowest BCUT2D eigenvalue weighted by Crippen LogP contribution is -2.60. The first-order chi connectivity index (χ1) is 9.08. The number of nitrogens with one attached hydrogen (secondary N) is 1. The first-order valence-corrected chi connectivity index (χ1v) is 7.27. The molecule has 0 bridgehead atoms. The van der Waals surface area contributed by atoms with Gasteiger partial charge >= 0.3 is 0 Å². The van der Waals surface area contributed by atoms with Gasteiger partial charge in [-0.05, 0) is 45.8 Å². The van der Waals surface area contributed by atoms with Crippen LogP contribution in [-0.2, 0) is 6.42 Å². The molecule has 0 amide bonds. The second kappa shape index (κ2) is 6.04. The molecule has 0 heterocycles. The third kappa shape index (κ3) is 2.99. The SMILES string of the molecule is Cc1ccc(CC(NN)C2(N(C)C)CCCC2)cc1. The maximum Gasteiger partial charge on any atom is 0.0434 e. The van der Waals surface area contributed by atoms with Gasteiger partial charge in [-0.15, -0.1) is 0 Å². The molecular weight excluding hydrogens is 234 g/mol. The van der Waals surface area contributed by atoms with Crippen LogP contribution in [0.1, 0.15) is 36.8 Å². The number of hydrazine groups is 1. The van der Waals surface area contributed by atoms with E-state index in [2.05, 4.69) is 55.6 Å². The van der Waals surface area contributed by atoms with Crippen LogP contribution in [0.4, 0.5) is 0 Å². The maximum absolute atomic E-state index is 5.88. The Balaban J connectivity index is 2.16. The second-order valence-electron chi connectivity index (χ2n) is 6.11. The molecule has 1 atom stereocenters. The zero-order valence-corrected chi connectivity index (χ0v) is 12.4. The minimum atomic E-state index is 0.208. The molecular formula is C16H27N3. The van der Waals surface area contributed by atoms with E-state index in [0.29, 0.717) is 6.04 Å². The Morgan fingerprint density at radius 1 is 1.21 bits per heavy atom. The van der Waals surface area contributed by atoms with Crippen molar-refractivity contribution in [3.05, 3.63) is 35.4 Å². The van der Waals surface area contributed by atoms with Gasteiger partial charge in [-0.2, -0.15) is 0 Å². The Hall–Kier alpha value is -0.900. The highest BCUT2D eigenvalue weighted by Gasteiger charge is 2.42. The molecule has 19 heavy (non-hydrogen) atoms. The molecule has 1 unspecified atom stereocenters. The summed E-state index contributed by atoms with van der Waals surface area (Å²) in [6, 6.07) is 9.11. The average Bonchev–Trinajstić information content (AvgIpc) is 2.88. The fourth-order valence-electron chi connectivity index (χ4n) is 3.46. The second-order valence-corrected chi connectivity index (χ2v) is 6.11. The van der Waals surface area contributed by atoms with Gasteiger partial charge in [0.1, 0.15) is 0 Å². The number of hydrogen-bond acceptors (Lipinski definition) is 3. The van der Waals surface area contributed by atoms with E-state index in [0.717, 1.165) is 6.42 Å². The van der Waals surface area contributed by atoms with Crippen molar-refractivity contribution in [2.45, 2.75) is 50.6 Å². The molecule has 1 aliphatic rings. The van der Waals surface area contributed by atoms with Crippen molar-refractivity contribution in [1.82, 2.24) is 10.3 Å². The largest absolute Gasteiger partial charge is 0.302 e. The van der Waals surface area contributed by atoms with E-state index >= 15 is 0 Å². The van der Waals surface area contributed by atoms with E-state index in [1.54, 1.807) is 0 Å². The van der Waals surface area contributed by atoms with Crippen molar-refractivity contribution >= 4 is 0 Å². The predicted molar refractivity (Wildman–Crippen MR) is 80.9 cm³/mol. The molecule has 1 saturated carbocycles. The first kappa shape index (κ1) is 14.5. The number of hydrogen-bond donors (Lipinski definition) is 2. The average molecular weight is 261 g/mol. The molecule has 1 aromatic carbocycles.